The van der Waals surface area contributed by atoms with E-state index in [0.717, 1.165) is 30.0 Å². The summed E-state index contributed by atoms with van der Waals surface area (Å²) in [5.74, 6) is -0.119. The Bertz CT molecular complexity index is 656. The molecule has 0 heterocycles. The first-order valence-electron chi connectivity index (χ1n) is 7.36. The van der Waals surface area contributed by atoms with Gasteiger partial charge in [0.15, 0.2) is 0 Å². The number of anilines is 1. The quantitative estimate of drug-likeness (QED) is 0.836. The molecule has 130 valence electrons. The monoisotopic (exact) mass is 361 g/mol. The molecule has 0 unspecified atom stereocenters. The van der Waals surface area contributed by atoms with Gasteiger partial charge in [0, 0.05) is 26.3 Å². The predicted octanol–water partition coefficient (Wildman–Crippen LogP) is 1.82. The van der Waals surface area contributed by atoms with Gasteiger partial charge in [-0.25, -0.2) is 12.7 Å². The highest BCUT2D eigenvalue weighted by Crippen LogP contribution is 2.38. The molecule has 1 aromatic rings. The fourth-order valence-corrected chi connectivity index (χ4v) is 3.73. The Morgan fingerprint density at radius 2 is 1.91 bits per heavy atom. The molecule has 0 aromatic heterocycles. The summed E-state index contributed by atoms with van der Waals surface area (Å²) < 4.78 is 25.4. The van der Waals surface area contributed by atoms with Crippen LogP contribution in [0.1, 0.15) is 25.7 Å². The van der Waals surface area contributed by atoms with Crippen LogP contribution in [0.2, 0.25) is 0 Å². The molecule has 23 heavy (non-hydrogen) atoms. The number of carbonyl (C=O) groups is 1. The van der Waals surface area contributed by atoms with Crippen molar-refractivity contribution in [2.45, 2.75) is 30.6 Å². The number of nitrogens with two attached hydrogens (primary N) is 1. The molecular formula is C15H24ClN3O3S. The fourth-order valence-electron chi connectivity index (χ4n) is 2.78. The minimum absolute atomic E-state index is 0. The predicted molar refractivity (Wildman–Crippen MR) is 93.1 cm³/mol. The molecule has 8 heteroatoms. The molecule has 1 aromatic carbocycles. The molecule has 1 saturated carbocycles. The van der Waals surface area contributed by atoms with Crippen molar-refractivity contribution in [3.05, 3.63) is 24.3 Å². The number of sulfonamides is 1. The molecule has 1 aliphatic carbocycles. The van der Waals surface area contributed by atoms with Crippen LogP contribution in [0.3, 0.4) is 0 Å². The zero-order valence-corrected chi connectivity index (χ0v) is 15.0. The van der Waals surface area contributed by atoms with Gasteiger partial charge < -0.3 is 11.1 Å². The number of hydrogen-bond acceptors (Lipinski definition) is 4. The molecule has 3 N–H and O–H groups in total. The van der Waals surface area contributed by atoms with E-state index in [1.165, 1.54) is 26.2 Å². The highest BCUT2D eigenvalue weighted by Gasteiger charge is 2.39. The Balaban J connectivity index is 0.00000264. The fraction of sp³-hybridized carbons (Fsp3) is 0.533. The van der Waals surface area contributed by atoms with Crippen molar-refractivity contribution in [2.75, 3.05) is 26.0 Å². The van der Waals surface area contributed by atoms with Crippen LogP contribution in [0, 0.1) is 5.41 Å². The molecule has 6 nitrogen and oxygen atoms in total. The molecule has 2 rings (SSSR count). The molecule has 0 bridgehead atoms. The second-order valence-electron chi connectivity index (χ2n) is 5.96. The van der Waals surface area contributed by atoms with E-state index >= 15 is 0 Å². The molecule has 0 aliphatic heterocycles. The minimum atomic E-state index is -3.52. The van der Waals surface area contributed by atoms with Crippen molar-refractivity contribution in [3.8, 4) is 0 Å². The number of halogens is 1. The molecule has 0 spiro atoms. The number of benzene rings is 1. The smallest absolute Gasteiger partial charge is 0.242 e. The van der Waals surface area contributed by atoms with Crippen molar-refractivity contribution < 1.29 is 13.2 Å². The van der Waals surface area contributed by atoms with E-state index in [2.05, 4.69) is 5.32 Å². The molecule has 0 atom stereocenters. The van der Waals surface area contributed by atoms with Gasteiger partial charge in [-0.05, 0) is 31.0 Å². The summed E-state index contributed by atoms with van der Waals surface area (Å²) in [6.07, 6.45) is 3.56. The van der Waals surface area contributed by atoms with E-state index in [-0.39, 0.29) is 23.2 Å². The van der Waals surface area contributed by atoms with Crippen LogP contribution in [-0.2, 0) is 14.8 Å². The summed E-state index contributed by atoms with van der Waals surface area (Å²) >= 11 is 0. The lowest BCUT2D eigenvalue weighted by Crippen LogP contribution is -2.40. The third-order valence-electron chi connectivity index (χ3n) is 4.30. The maximum atomic E-state index is 12.5. The van der Waals surface area contributed by atoms with Crippen LogP contribution in [0.15, 0.2) is 29.2 Å². The maximum absolute atomic E-state index is 12.5. The lowest BCUT2D eigenvalue weighted by Gasteiger charge is -2.25. The second kappa shape index (κ2) is 7.61. The van der Waals surface area contributed by atoms with Crippen LogP contribution in [0.5, 0.6) is 0 Å². The van der Waals surface area contributed by atoms with Crippen molar-refractivity contribution in [2.24, 2.45) is 11.1 Å². The first-order valence-corrected chi connectivity index (χ1v) is 8.80. The van der Waals surface area contributed by atoms with E-state index in [0.29, 0.717) is 12.2 Å². The zero-order valence-electron chi connectivity index (χ0n) is 13.4. The van der Waals surface area contributed by atoms with Gasteiger partial charge in [0.05, 0.1) is 10.3 Å². The SMILES string of the molecule is CN(C)S(=O)(=O)c1cccc(NC(=O)C2(CN)CCCC2)c1.Cl. The average Bonchev–Trinajstić information content (AvgIpc) is 2.97. The van der Waals surface area contributed by atoms with Crippen LogP contribution >= 0.6 is 12.4 Å². The van der Waals surface area contributed by atoms with Gasteiger partial charge in [0.25, 0.3) is 0 Å². The first kappa shape index (κ1) is 19.9. The van der Waals surface area contributed by atoms with Crippen LogP contribution in [0.25, 0.3) is 0 Å². The average molecular weight is 362 g/mol. The third-order valence-corrected chi connectivity index (χ3v) is 6.11. The standard InChI is InChI=1S/C15H23N3O3S.ClH/c1-18(2)22(20,21)13-7-5-6-12(10-13)17-14(19)15(11-16)8-3-4-9-15;/h5-7,10H,3-4,8-9,11,16H2,1-2H3,(H,17,19);1H. The lowest BCUT2D eigenvalue weighted by atomic mass is 9.85. The van der Waals surface area contributed by atoms with Gasteiger partial charge in [-0.2, -0.15) is 0 Å². The van der Waals surface area contributed by atoms with E-state index in [9.17, 15) is 13.2 Å². The number of amides is 1. The van der Waals surface area contributed by atoms with Crippen LogP contribution in [-0.4, -0.2) is 39.3 Å². The van der Waals surface area contributed by atoms with Crippen LogP contribution in [0.4, 0.5) is 5.69 Å². The Morgan fingerprint density at radius 3 is 2.43 bits per heavy atom. The van der Waals surface area contributed by atoms with Crippen LogP contribution < -0.4 is 11.1 Å². The third kappa shape index (κ3) is 4.03. The van der Waals surface area contributed by atoms with Gasteiger partial charge in [-0.1, -0.05) is 18.9 Å². The Labute approximate surface area is 143 Å². The van der Waals surface area contributed by atoms with Crippen molar-refractivity contribution in [1.29, 1.82) is 0 Å². The first-order chi connectivity index (χ1) is 10.3. The van der Waals surface area contributed by atoms with Crippen molar-refractivity contribution in [3.63, 3.8) is 0 Å². The Hall–Kier alpha value is -1.15. The molecule has 0 saturated heterocycles. The summed E-state index contributed by atoms with van der Waals surface area (Å²) in [7, 11) is -0.568. The molecule has 1 aliphatic rings. The number of hydrogen-bond donors (Lipinski definition) is 2. The summed E-state index contributed by atoms with van der Waals surface area (Å²) in [5, 5.41) is 2.83. The van der Waals surface area contributed by atoms with E-state index in [1.807, 2.05) is 0 Å². The summed E-state index contributed by atoms with van der Waals surface area (Å²) in [5.41, 5.74) is 5.76. The zero-order chi connectivity index (χ0) is 16.4. The molecule has 1 fully saturated rings. The normalized spacial score (nSPS) is 16.9. The molecule has 1 amide bonds. The highest BCUT2D eigenvalue weighted by atomic mass is 35.5. The van der Waals surface area contributed by atoms with Gasteiger partial charge in [-0.3, -0.25) is 4.79 Å². The number of carbonyl (C=O) groups excluding carboxylic acids is 1. The summed E-state index contributed by atoms with van der Waals surface area (Å²) in [4.78, 5) is 12.7. The Morgan fingerprint density at radius 1 is 1.30 bits per heavy atom. The Kier molecular flexibility index (Phi) is 6.59. The number of nitrogens with one attached hydrogen (secondary N) is 1. The maximum Gasteiger partial charge on any atom is 0.242 e. The topological polar surface area (TPSA) is 92.5 Å². The van der Waals surface area contributed by atoms with Crippen molar-refractivity contribution in [1.82, 2.24) is 4.31 Å². The largest absolute Gasteiger partial charge is 0.329 e. The minimum Gasteiger partial charge on any atom is -0.329 e. The molecular weight excluding hydrogens is 338 g/mol. The van der Waals surface area contributed by atoms with E-state index in [4.69, 9.17) is 5.73 Å². The van der Waals surface area contributed by atoms with Gasteiger partial charge in [0.2, 0.25) is 15.9 Å². The summed E-state index contributed by atoms with van der Waals surface area (Å²) in [6.45, 7) is 0.314. The van der Waals surface area contributed by atoms with Gasteiger partial charge in [-0.15, -0.1) is 12.4 Å². The van der Waals surface area contributed by atoms with E-state index < -0.39 is 15.4 Å². The second-order valence-corrected chi connectivity index (χ2v) is 8.11. The molecule has 0 radical (unpaired) electrons. The van der Waals surface area contributed by atoms with Crippen molar-refractivity contribution >= 4 is 34.0 Å². The number of nitrogens with zero attached hydrogens (tertiary/aromatic N) is 1. The lowest BCUT2D eigenvalue weighted by molar-refractivity contribution is -0.124. The van der Waals surface area contributed by atoms with E-state index in [1.54, 1.807) is 12.1 Å². The highest BCUT2D eigenvalue weighted by molar-refractivity contribution is 7.89. The number of rotatable bonds is 5. The van der Waals surface area contributed by atoms with Gasteiger partial charge in [0.1, 0.15) is 0 Å². The van der Waals surface area contributed by atoms with Gasteiger partial charge >= 0.3 is 0 Å². The summed E-state index contributed by atoms with van der Waals surface area (Å²) in [6, 6.07) is 6.30.